The van der Waals surface area contributed by atoms with Gasteiger partial charge in [0, 0.05) is 32.0 Å². The largest absolute Gasteiger partial charge is 0.392 e. The quantitative estimate of drug-likeness (QED) is 0.846. The summed E-state index contributed by atoms with van der Waals surface area (Å²) in [5.74, 6) is -4.66. The molecule has 2 atom stereocenters. The minimum atomic E-state index is -1.46. The van der Waals surface area contributed by atoms with Gasteiger partial charge in [0.25, 0.3) is 5.91 Å². The zero-order valence-corrected chi connectivity index (χ0v) is 12.7. The lowest BCUT2D eigenvalue weighted by Crippen LogP contribution is -2.62. The van der Waals surface area contributed by atoms with E-state index in [-0.39, 0.29) is 19.2 Å². The van der Waals surface area contributed by atoms with Crippen molar-refractivity contribution in [1.29, 1.82) is 0 Å². The van der Waals surface area contributed by atoms with E-state index in [2.05, 4.69) is 0 Å². The van der Waals surface area contributed by atoms with Gasteiger partial charge in [-0.3, -0.25) is 4.79 Å². The van der Waals surface area contributed by atoms with Gasteiger partial charge in [-0.1, -0.05) is 0 Å². The van der Waals surface area contributed by atoms with Crippen molar-refractivity contribution in [3.63, 3.8) is 0 Å². The fourth-order valence-corrected chi connectivity index (χ4v) is 3.72. The molecule has 0 unspecified atom stereocenters. The molecule has 23 heavy (non-hydrogen) atoms. The molecule has 0 bridgehead atoms. The Balaban J connectivity index is 1.76. The summed E-state index contributed by atoms with van der Waals surface area (Å²) >= 11 is 0. The maximum atomic E-state index is 13.8. The number of aliphatic hydroxyl groups excluding tert-OH is 1. The van der Waals surface area contributed by atoms with Crippen molar-refractivity contribution in [2.75, 3.05) is 20.2 Å². The fraction of sp³-hybridized carbons (Fsp3) is 0.562. The molecule has 4 nitrogen and oxygen atoms in total. The summed E-state index contributed by atoms with van der Waals surface area (Å²) in [5.41, 5.74) is -1.26. The number of carbonyl (C=O) groups is 1. The topological polar surface area (TPSA) is 49.8 Å². The Labute approximate surface area is 131 Å². The molecule has 7 heteroatoms. The van der Waals surface area contributed by atoms with Crippen LogP contribution >= 0.6 is 0 Å². The standard InChI is InChI=1S/C16H18F3NO3/c1-23-12-8-11(21)16(12)4-6-20(7-5-16)15(22)13-9(17)2-3-10(18)14(13)19/h2-3,11-12,21H,4-8H2,1H3/t11-,12+/m1/s1. The molecule has 0 aromatic heterocycles. The molecule has 1 heterocycles. The summed E-state index contributed by atoms with van der Waals surface area (Å²) in [7, 11) is 1.58. The van der Waals surface area contributed by atoms with Gasteiger partial charge in [0.1, 0.15) is 11.4 Å². The van der Waals surface area contributed by atoms with Gasteiger partial charge in [-0.05, 0) is 25.0 Å². The highest BCUT2D eigenvalue weighted by atomic mass is 19.2. The van der Waals surface area contributed by atoms with Crippen LogP contribution in [0.5, 0.6) is 0 Å². The Morgan fingerprint density at radius 1 is 1.26 bits per heavy atom. The molecular weight excluding hydrogens is 311 g/mol. The lowest BCUT2D eigenvalue weighted by molar-refractivity contribution is -0.199. The van der Waals surface area contributed by atoms with Crippen molar-refractivity contribution in [1.82, 2.24) is 4.90 Å². The van der Waals surface area contributed by atoms with Gasteiger partial charge in [0.2, 0.25) is 0 Å². The SMILES string of the molecule is CO[C@H]1C[C@@H](O)C12CCN(C(=O)c1c(F)ccc(F)c1F)CC2. The number of benzene rings is 1. The van der Waals surface area contributed by atoms with Gasteiger partial charge in [-0.2, -0.15) is 0 Å². The first kappa shape index (κ1) is 16.3. The van der Waals surface area contributed by atoms with E-state index in [1.165, 1.54) is 4.90 Å². The molecule has 1 saturated heterocycles. The van der Waals surface area contributed by atoms with Crippen LogP contribution in [0.25, 0.3) is 0 Å². The maximum Gasteiger partial charge on any atom is 0.259 e. The van der Waals surface area contributed by atoms with E-state index < -0.39 is 40.4 Å². The Morgan fingerprint density at radius 3 is 2.43 bits per heavy atom. The Hall–Kier alpha value is -1.60. The molecule has 0 radical (unpaired) electrons. The molecule has 1 aromatic rings. The van der Waals surface area contributed by atoms with Crippen LogP contribution in [0.1, 0.15) is 29.6 Å². The van der Waals surface area contributed by atoms with Crippen molar-refractivity contribution >= 4 is 5.91 Å². The van der Waals surface area contributed by atoms with E-state index in [4.69, 9.17) is 4.74 Å². The normalized spacial score (nSPS) is 26.2. The first-order valence-corrected chi connectivity index (χ1v) is 7.54. The minimum Gasteiger partial charge on any atom is -0.392 e. The van der Waals surface area contributed by atoms with Gasteiger partial charge in [-0.15, -0.1) is 0 Å². The van der Waals surface area contributed by atoms with Gasteiger partial charge >= 0.3 is 0 Å². The molecule has 2 fully saturated rings. The number of likely N-dealkylation sites (tertiary alicyclic amines) is 1. The monoisotopic (exact) mass is 329 g/mol. The van der Waals surface area contributed by atoms with Crippen molar-refractivity contribution in [3.05, 3.63) is 35.1 Å². The molecule has 1 amide bonds. The second-order valence-corrected chi connectivity index (χ2v) is 6.22. The number of nitrogens with zero attached hydrogens (tertiary/aromatic N) is 1. The lowest BCUT2D eigenvalue weighted by Gasteiger charge is -2.56. The van der Waals surface area contributed by atoms with Crippen molar-refractivity contribution in [2.24, 2.45) is 5.41 Å². The van der Waals surface area contributed by atoms with E-state index in [0.29, 0.717) is 25.3 Å². The second kappa shape index (κ2) is 5.79. The molecule has 126 valence electrons. The number of methoxy groups -OCH3 is 1. The predicted octanol–water partition coefficient (Wildman–Crippen LogP) is 2.11. The van der Waals surface area contributed by atoms with E-state index in [1.54, 1.807) is 7.11 Å². The number of hydrogen-bond donors (Lipinski definition) is 1. The summed E-state index contributed by atoms with van der Waals surface area (Å²) in [6.07, 6.45) is 0.954. The molecule has 1 aromatic carbocycles. The Kier molecular flexibility index (Phi) is 4.10. The van der Waals surface area contributed by atoms with Crippen molar-refractivity contribution < 1.29 is 27.8 Å². The van der Waals surface area contributed by atoms with Gasteiger partial charge in [0.05, 0.1) is 12.2 Å². The average Bonchev–Trinajstić information content (AvgIpc) is 2.56. The molecule has 1 saturated carbocycles. The third-order valence-electron chi connectivity index (χ3n) is 5.27. The summed E-state index contributed by atoms with van der Waals surface area (Å²) < 4.78 is 46.1. The smallest absolute Gasteiger partial charge is 0.259 e. The molecule has 3 rings (SSSR count). The van der Waals surface area contributed by atoms with Gasteiger partial charge in [-0.25, -0.2) is 13.2 Å². The van der Waals surface area contributed by atoms with E-state index in [9.17, 15) is 23.1 Å². The van der Waals surface area contributed by atoms with Crippen LogP contribution in [-0.4, -0.2) is 48.3 Å². The number of hydrogen-bond acceptors (Lipinski definition) is 3. The third kappa shape index (κ3) is 2.42. The summed E-state index contributed by atoms with van der Waals surface area (Å²) in [6, 6.07) is 1.40. The number of carbonyl (C=O) groups excluding carboxylic acids is 1. The summed E-state index contributed by atoms with van der Waals surface area (Å²) in [4.78, 5) is 13.6. The van der Waals surface area contributed by atoms with E-state index >= 15 is 0 Å². The van der Waals surface area contributed by atoms with Crippen LogP contribution in [0.3, 0.4) is 0 Å². The average molecular weight is 329 g/mol. The number of aliphatic hydroxyl groups is 1. The minimum absolute atomic E-state index is 0.0719. The molecule has 2 aliphatic rings. The first-order valence-electron chi connectivity index (χ1n) is 7.54. The third-order valence-corrected chi connectivity index (χ3v) is 5.27. The predicted molar refractivity (Wildman–Crippen MR) is 75.3 cm³/mol. The van der Waals surface area contributed by atoms with Crippen molar-refractivity contribution in [3.8, 4) is 0 Å². The van der Waals surface area contributed by atoms with Gasteiger partial charge in [0.15, 0.2) is 11.6 Å². The highest BCUT2D eigenvalue weighted by Crippen LogP contribution is 2.50. The highest BCUT2D eigenvalue weighted by molar-refractivity contribution is 5.94. The number of halogens is 3. The number of piperidine rings is 1. The fourth-order valence-electron chi connectivity index (χ4n) is 3.72. The zero-order valence-electron chi connectivity index (χ0n) is 12.7. The lowest BCUT2D eigenvalue weighted by atomic mass is 9.58. The number of amides is 1. The van der Waals surface area contributed by atoms with Gasteiger partial charge < -0.3 is 14.7 Å². The van der Waals surface area contributed by atoms with Crippen molar-refractivity contribution in [2.45, 2.75) is 31.5 Å². The van der Waals surface area contributed by atoms with Crippen LogP contribution in [0, 0.1) is 22.9 Å². The summed E-state index contributed by atoms with van der Waals surface area (Å²) in [6.45, 7) is 0.482. The van der Waals surface area contributed by atoms with Crippen LogP contribution in [0.15, 0.2) is 12.1 Å². The Bertz CT molecular complexity index is 629. The number of rotatable bonds is 2. The van der Waals surface area contributed by atoms with Crippen LogP contribution < -0.4 is 0 Å². The summed E-state index contributed by atoms with van der Waals surface area (Å²) in [5, 5.41) is 10.0. The Morgan fingerprint density at radius 2 is 1.87 bits per heavy atom. The van der Waals surface area contributed by atoms with Crippen LogP contribution in [-0.2, 0) is 4.74 Å². The van der Waals surface area contributed by atoms with Crippen LogP contribution in [0.2, 0.25) is 0 Å². The molecular formula is C16H18F3NO3. The maximum absolute atomic E-state index is 13.8. The second-order valence-electron chi connectivity index (χ2n) is 6.22. The van der Waals surface area contributed by atoms with Crippen LogP contribution in [0.4, 0.5) is 13.2 Å². The first-order chi connectivity index (χ1) is 10.9. The van der Waals surface area contributed by atoms with E-state index in [1.807, 2.05) is 0 Å². The molecule has 1 aliphatic heterocycles. The molecule has 1 aliphatic carbocycles. The zero-order chi connectivity index (χ0) is 16.8. The van der Waals surface area contributed by atoms with E-state index in [0.717, 1.165) is 6.07 Å². The molecule has 1 N–H and O–H groups in total. The highest BCUT2D eigenvalue weighted by Gasteiger charge is 2.56. The number of ether oxygens (including phenoxy) is 1. The molecule has 1 spiro atoms.